The number of likely N-dealkylation sites (tertiary alicyclic amines) is 1. The summed E-state index contributed by atoms with van der Waals surface area (Å²) in [5.74, 6) is -0.0240. The molecule has 1 heterocycles. The van der Waals surface area contributed by atoms with Gasteiger partial charge in [0.2, 0.25) is 5.91 Å². The second-order valence-corrected chi connectivity index (χ2v) is 7.07. The van der Waals surface area contributed by atoms with Gasteiger partial charge in [0.25, 0.3) is 0 Å². The minimum absolute atomic E-state index is 0.0240. The number of rotatable bonds is 6. The molecule has 0 saturated carbocycles. The van der Waals surface area contributed by atoms with Crippen molar-refractivity contribution in [2.75, 3.05) is 18.4 Å². The minimum Gasteiger partial charge on any atom is -0.340 e. The molecule has 0 aliphatic carbocycles. The molecule has 1 amide bonds. The maximum Gasteiger partial charge on any atom is 0.221 e. The van der Waals surface area contributed by atoms with Gasteiger partial charge in [0.05, 0.1) is 19.1 Å². The zero-order valence-electron chi connectivity index (χ0n) is 15.0. The average molecular weight is 339 g/mol. The van der Waals surface area contributed by atoms with Crippen LogP contribution in [0.3, 0.4) is 0 Å². The van der Waals surface area contributed by atoms with Crippen LogP contribution in [0.25, 0.3) is 0 Å². The first-order valence-electron chi connectivity index (χ1n) is 9.26. The highest BCUT2D eigenvalue weighted by Gasteiger charge is 2.24. The van der Waals surface area contributed by atoms with Crippen LogP contribution < -0.4 is 15.5 Å². The Balaban J connectivity index is 1.39. The monoisotopic (exact) mass is 339 g/mol. The van der Waals surface area contributed by atoms with Crippen molar-refractivity contribution in [2.24, 2.45) is 0 Å². The van der Waals surface area contributed by atoms with Crippen LogP contribution in [0.5, 0.6) is 0 Å². The Morgan fingerprint density at radius 1 is 1.04 bits per heavy atom. The number of hydrogen-bond donors (Lipinski definition) is 3. The number of nitrogens with two attached hydrogens (primary N) is 1. The van der Waals surface area contributed by atoms with Crippen LogP contribution in [0.15, 0.2) is 54.6 Å². The van der Waals surface area contributed by atoms with Gasteiger partial charge in [-0.1, -0.05) is 42.5 Å². The molecule has 1 saturated heterocycles. The zero-order valence-corrected chi connectivity index (χ0v) is 15.0. The Bertz CT molecular complexity index is 661. The normalized spacial score (nSPS) is 20.2. The van der Waals surface area contributed by atoms with Crippen molar-refractivity contribution in [1.29, 1.82) is 0 Å². The van der Waals surface area contributed by atoms with Gasteiger partial charge in [-0.05, 0) is 12.1 Å². The van der Waals surface area contributed by atoms with Crippen LogP contribution in [0.4, 0.5) is 5.69 Å². The summed E-state index contributed by atoms with van der Waals surface area (Å²) in [5, 5.41) is 5.29. The molecular weight excluding hydrogens is 310 g/mol. The van der Waals surface area contributed by atoms with Crippen molar-refractivity contribution in [3.8, 4) is 0 Å². The first-order valence-corrected chi connectivity index (χ1v) is 9.26. The van der Waals surface area contributed by atoms with E-state index in [0.29, 0.717) is 0 Å². The molecule has 4 nitrogen and oxygen atoms in total. The summed E-state index contributed by atoms with van der Waals surface area (Å²) in [6.07, 6.45) is 2.57. The number of piperidine rings is 1. The van der Waals surface area contributed by atoms with Crippen molar-refractivity contribution in [3.63, 3.8) is 0 Å². The van der Waals surface area contributed by atoms with Gasteiger partial charge in [-0.3, -0.25) is 4.79 Å². The molecule has 4 N–H and O–H groups in total. The summed E-state index contributed by atoms with van der Waals surface area (Å²) < 4.78 is 0. The molecule has 1 aliphatic heterocycles. The first-order chi connectivity index (χ1) is 12.2. The Kier molecular flexibility index (Phi) is 6.20. The van der Waals surface area contributed by atoms with Crippen LogP contribution in [-0.4, -0.2) is 25.0 Å². The van der Waals surface area contributed by atoms with E-state index in [0.717, 1.165) is 24.8 Å². The number of amides is 1. The van der Waals surface area contributed by atoms with E-state index in [-0.39, 0.29) is 5.91 Å². The quantitative estimate of drug-likeness (QED) is 0.721. The van der Waals surface area contributed by atoms with Gasteiger partial charge in [-0.2, -0.15) is 0 Å². The molecule has 0 atom stereocenters. The maximum absolute atomic E-state index is 11.1. The summed E-state index contributed by atoms with van der Waals surface area (Å²) in [4.78, 5) is 12.8. The molecule has 0 spiro atoms. The third kappa shape index (κ3) is 5.69. The minimum atomic E-state index is -0.0240. The predicted octanol–water partition coefficient (Wildman–Crippen LogP) is 0.956. The van der Waals surface area contributed by atoms with Gasteiger partial charge >= 0.3 is 0 Å². The maximum atomic E-state index is 11.1. The van der Waals surface area contributed by atoms with Crippen LogP contribution in [0, 0.1) is 0 Å². The number of hydrogen-bond acceptors (Lipinski definition) is 1. The van der Waals surface area contributed by atoms with Crippen molar-refractivity contribution in [3.05, 3.63) is 65.7 Å². The second-order valence-electron chi connectivity index (χ2n) is 7.07. The average Bonchev–Trinajstić information content (AvgIpc) is 2.63. The van der Waals surface area contributed by atoms with E-state index in [9.17, 15) is 4.79 Å². The van der Waals surface area contributed by atoms with E-state index in [1.165, 1.54) is 44.0 Å². The Morgan fingerprint density at radius 2 is 1.72 bits per heavy atom. The molecule has 2 aromatic carbocycles. The Hall–Kier alpha value is -2.17. The number of benzene rings is 2. The van der Waals surface area contributed by atoms with E-state index < -0.39 is 0 Å². The van der Waals surface area contributed by atoms with Crippen LogP contribution in [0.1, 0.15) is 30.9 Å². The molecule has 0 radical (unpaired) electrons. The van der Waals surface area contributed by atoms with Gasteiger partial charge in [0.15, 0.2) is 0 Å². The molecule has 3 rings (SSSR count). The molecule has 1 aliphatic rings. The fourth-order valence-corrected chi connectivity index (χ4v) is 3.58. The van der Waals surface area contributed by atoms with Crippen molar-refractivity contribution in [2.45, 2.75) is 38.9 Å². The highest BCUT2D eigenvalue weighted by atomic mass is 16.1. The second kappa shape index (κ2) is 8.79. The largest absolute Gasteiger partial charge is 0.340 e. The molecule has 1 fully saturated rings. The predicted molar refractivity (Wildman–Crippen MR) is 100 cm³/mol. The third-order valence-electron chi connectivity index (χ3n) is 5.00. The lowest BCUT2D eigenvalue weighted by molar-refractivity contribution is -0.926. The summed E-state index contributed by atoms with van der Waals surface area (Å²) >= 11 is 0. The molecular formula is C21H29N3O+2. The molecule has 25 heavy (non-hydrogen) atoms. The zero-order chi connectivity index (χ0) is 17.5. The fourth-order valence-electron chi connectivity index (χ4n) is 3.58. The number of carbonyl (C=O) groups is 1. The van der Waals surface area contributed by atoms with Crippen molar-refractivity contribution < 1.29 is 15.0 Å². The molecule has 0 bridgehead atoms. The summed E-state index contributed by atoms with van der Waals surface area (Å²) in [6.45, 7) is 6.22. The molecule has 4 heteroatoms. The number of quaternary nitrogens is 2. The topological polar surface area (TPSA) is 50.1 Å². The standard InChI is InChI=1S/C21H27N3O/c1-17(25)23-21-9-7-18(8-10-21)15-22-20-11-13-24(14-12-20)16-19-5-3-2-4-6-19/h2-10,20,22H,11-16H2,1H3,(H,23,25)/p+2. The molecule has 132 valence electrons. The SMILES string of the molecule is CC(=O)Nc1ccc(C[NH2+]C2CC[NH+](Cc3ccccc3)CC2)cc1. The smallest absolute Gasteiger partial charge is 0.221 e. The lowest BCUT2D eigenvalue weighted by atomic mass is 10.0. The fraction of sp³-hybridized carbons (Fsp3) is 0.381. The van der Waals surface area contributed by atoms with E-state index in [4.69, 9.17) is 0 Å². The summed E-state index contributed by atoms with van der Waals surface area (Å²) in [6, 6.07) is 19.7. The van der Waals surface area contributed by atoms with Crippen LogP contribution in [-0.2, 0) is 17.9 Å². The van der Waals surface area contributed by atoms with Gasteiger partial charge in [0.1, 0.15) is 13.1 Å². The number of anilines is 1. The van der Waals surface area contributed by atoms with Crippen molar-refractivity contribution in [1.82, 2.24) is 0 Å². The highest BCUT2D eigenvalue weighted by molar-refractivity contribution is 5.88. The van der Waals surface area contributed by atoms with Gasteiger partial charge in [-0.15, -0.1) is 0 Å². The number of nitrogens with one attached hydrogen (secondary N) is 2. The van der Waals surface area contributed by atoms with Crippen molar-refractivity contribution >= 4 is 11.6 Å². The van der Waals surface area contributed by atoms with Gasteiger partial charge in [0, 0.05) is 36.6 Å². The van der Waals surface area contributed by atoms with Crippen LogP contribution >= 0.6 is 0 Å². The molecule has 0 unspecified atom stereocenters. The van der Waals surface area contributed by atoms with Crippen LogP contribution in [0.2, 0.25) is 0 Å². The van der Waals surface area contributed by atoms with E-state index in [2.05, 4.69) is 53.1 Å². The van der Waals surface area contributed by atoms with E-state index >= 15 is 0 Å². The lowest BCUT2D eigenvalue weighted by Crippen LogP contribution is -3.13. The van der Waals surface area contributed by atoms with Gasteiger partial charge in [-0.25, -0.2) is 0 Å². The number of carbonyl (C=O) groups excluding carboxylic acids is 1. The Morgan fingerprint density at radius 3 is 2.36 bits per heavy atom. The molecule has 0 aromatic heterocycles. The van der Waals surface area contributed by atoms with Gasteiger partial charge < -0.3 is 15.5 Å². The molecule has 2 aromatic rings. The van der Waals surface area contributed by atoms with E-state index in [1.807, 2.05) is 12.1 Å². The third-order valence-corrected chi connectivity index (χ3v) is 5.00. The van der Waals surface area contributed by atoms with E-state index in [1.54, 1.807) is 4.90 Å². The lowest BCUT2D eigenvalue weighted by Gasteiger charge is -2.28. The summed E-state index contributed by atoms with van der Waals surface area (Å²) in [7, 11) is 0. The Labute approximate surface area is 150 Å². The first kappa shape index (κ1) is 17.6. The summed E-state index contributed by atoms with van der Waals surface area (Å²) in [5.41, 5.74) is 3.63. The highest BCUT2D eigenvalue weighted by Crippen LogP contribution is 2.08.